The van der Waals surface area contributed by atoms with Crippen molar-refractivity contribution in [3.63, 3.8) is 0 Å². The lowest BCUT2D eigenvalue weighted by atomic mass is 10.0. The molecule has 2 rings (SSSR count). The fraction of sp³-hybridized carbons (Fsp3) is 0.579. The molecule has 4 heteroatoms. The summed E-state index contributed by atoms with van der Waals surface area (Å²) in [6, 6.07) is 7.94. The van der Waals surface area contributed by atoms with Crippen LogP contribution in [0.15, 0.2) is 24.3 Å². The molecule has 2 amide bonds. The highest BCUT2D eigenvalue weighted by molar-refractivity contribution is 5.94. The molecule has 23 heavy (non-hydrogen) atoms. The molecule has 1 heterocycles. The average Bonchev–Trinajstić information content (AvgIpc) is 2.55. The third-order valence-electron chi connectivity index (χ3n) is 4.39. The van der Waals surface area contributed by atoms with E-state index >= 15 is 0 Å². The lowest BCUT2D eigenvalue weighted by molar-refractivity contribution is -0.133. The van der Waals surface area contributed by atoms with Crippen LogP contribution in [-0.2, 0) is 11.2 Å². The SMILES string of the molecule is CCc1ccc(C(=O)NC2CCN(C(=O)CC(C)C)CC2)cc1. The van der Waals surface area contributed by atoms with Gasteiger partial charge in [-0.2, -0.15) is 0 Å². The van der Waals surface area contributed by atoms with E-state index in [0.717, 1.165) is 32.4 Å². The molecule has 0 aliphatic carbocycles. The molecule has 126 valence electrons. The van der Waals surface area contributed by atoms with Gasteiger partial charge < -0.3 is 10.2 Å². The molecule has 0 radical (unpaired) electrons. The summed E-state index contributed by atoms with van der Waals surface area (Å²) in [5.74, 6) is 0.616. The van der Waals surface area contributed by atoms with E-state index in [4.69, 9.17) is 0 Å². The number of hydrogen-bond donors (Lipinski definition) is 1. The predicted molar refractivity (Wildman–Crippen MR) is 92.3 cm³/mol. The van der Waals surface area contributed by atoms with E-state index in [1.165, 1.54) is 5.56 Å². The number of nitrogens with zero attached hydrogens (tertiary/aromatic N) is 1. The van der Waals surface area contributed by atoms with Crippen LogP contribution in [0.25, 0.3) is 0 Å². The summed E-state index contributed by atoms with van der Waals surface area (Å²) >= 11 is 0. The number of likely N-dealkylation sites (tertiary alicyclic amines) is 1. The molecule has 1 aromatic carbocycles. The second-order valence-corrected chi connectivity index (χ2v) is 6.78. The number of rotatable bonds is 5. The minimum Gasteiger partial charge on any atom is -0.349 e. The second-order valence-electron chi connectivity index (χ2n) is 6.78. The van der Waals surface area contributed by atoms with Crippen molar-refractivity contribution in [2.24, 2.45) is 5.92 Å². The average molecular weight is 316 g/mol. The van der Waals surface area contributed by atoms with Crippen LogP contribution in [0.5, 0.6) is 0 Å². The van der Waals surface area contributed by atoms with Crippen LogP contribution < -0.4 is 5.32 Å². The zero-order valence-electron chi connectivity index (χ0n) is 14.5. The Morgan fingerprint density at radius 1 is 1.17 bits per heavy atom. The summed E-state index contributed by atoms with van der Waals surface area (Å²) in [4.78, 5) is 26.3. The summed E-state index contributed by atoms with van der Waals surface area (Å²) in [5, 5.41) is 3.10. The monoisotopic (exact) mass is 316 g/mol. The normalized spacial score (nSPS) is 15.7. The van der Waals surface area contributed by atoms with Crippen molar-refractivity contribution < 1.29 is 9.59 Å². The van der Waals surface area contributed by atoms with Crippen molar-refractivity contribution in [3.05, 3.63) is 35.4 Å². The number of nitrogens with one attached hydrogen (secondary N) is 1. The first kappa shape index (κ1) is 17.5. The number of aryl methyl sites for hydroxylation is 1. The highest BCUT2D eigenvalue weighted by Gasteiger charge is 2.24. The number of amides is 2. The van der Waals surface area contributed by atoms with Gasteiger partial charge in [0.15, 0.2) is 0 Å². The Labute approximate surface area is 139 Å². The molecule has 1 fully saturated rings. The van der Waals surface area contributed by atoms with E-state index in [0.29, 0.717) is 17.9 Å². The van der Waals surface area contributed by atoms with Gasteiger partial charge in [0.05, 0.1) is 0 Å². The van der Waals surface area contributed by atoms with Gasteiger partial charge in [0.2, 0.25) is 5.91 Å². The van der Waals surface area contributed by atoms with Gasteiger partial charge in [0.1, 0.15) is 0 Å². The molecule has 0 bridgehead atoms. The van der Waals surface area contributed by atoms with Crippen molar-refractivity contribution in [2.45, 2.75) is 52.5 Å². The molecular weight excluding hydrogens is 288 g/mol. The van der Waals surface area contributed by atoms with Crippen LogP contribution in [0.1, 0.15) is 56.0 Å². The van der Waals surface area contributed by atoms with Crippen LogP contribution in [0.3, 0.4) is 0 Å². The molecule has 0 aromatic heterocycles. The van der Waals surface area contributed by atoms with E-state index in [9.17, 15) is 9.59 Å². The molecule has 1 saturated heterocycles. The zero-order chi connectivity index (χ0) is 16.8. The van der Waals surface area contributed by atoms with Gasteiger partial charge in [-0.15, -0.1) is 0 Å². The smallest absolute Gasteiger partial charge is 0.251 e. The van der Waals surface area contributed by atoms with Crippen molar-refractivity contribution in [2.75, 3.05) is 13.1 Å². The summed E-state index contributed by atoms with van der Waals surface area (Å²) in [6.45, 7) is 7.71. The van der Waals surface area contributed by atoms with E-state index < -0.39 is 0 Å². The summed E-state index contributed by atoms with van der Waals surface area (Å²) < 4.78 is 0. The van der Waals surface area contributed by atoms with Crippen LogP contribution in [0.2, 0.25) is 0 Å². The molecule has 0 spiro atoms. The van der Waals surface area contributed by atoms with Gasteiger partial charge in [-0.1, -0.05) is 32.9 Å². The highest BCUT2D eigenvalue weighted by atomic mass is 16.2. The highest BCUT2D eigenvalue weighted by Crippen LogP contribution is 2.14. The maximum atomic E-state index is 12.3. The molecule has 0 saturated carbocycles. The topological polar surface area (TPSA) is 49.4 Å². The minimum atomic E-state index is -0.0142. The predicted octanol–water partition coefficient (Wildman–Crippen LogP) is 3.02. The maximum Gasteiger partial charge on any atom is 0.251 e. The van der Waals surface area contributed by atoms with Gasteiger partial charge in [-0.05, 0) is 42.9 Å². The Bertz CT molecular complexity index is 529. The van der Waals surface area contributed by atoms with Crippen LogP contribution in [0, 0.1) is 5.92 Å². The molecule has 4 nitrogen and oxygen atoms in total. The van der Waals surface area contributed by atoms with Crippen molar-refractivity contribution in [3.8, 4) is 0 Å². The van der Waals surface area contributed by atoms with E-state index in [2.05, 4.69) is 26.1 Å². The Hall–Kier alpha value is -1.84. The van der Waals surface area contributed by atoms with Gasteiger partial charge >= 0.3 is 0 Å². The molecule has 0 unspecified atom stereocenters. The van der Waals surface area contributed by atoms with Gasteiger partial charge in [0, 0.05) is 31.1 Å². The summed E-state index contributed by atoms with van der Waals surface area (Å²) in [7, 11) is 0. The third kappa shape index (κ3) is 5.08. The van der Waals surface area contributed by atoms with Gasteiger partial charge in [-0.3, -0.25) is 9.59 Å². The largest absolute Gasteiger partial charge is 0.349 e. The van der Waals surface area contributed by atoms with Crippen LogP contribution in [0.4, 0.5) is 0 Å². The van der Waals surface area contributed by atoms with Crippen LogP contribution >= 0.6 is 0 Å². The number of carbonyl (C=O) groups excluding carboxylic acids is 2. The Morgan fingerprint density at radius 2 is 1.78 bits per heavy atom. The van der Waals surface area contributed by atoms with Crippen LogP contribution in [-0.4, -0.2) is 35.8 Å². The fourth-order valence-corrected chi connectivity index (χ4v) is 2.91. The zero-order valence-corrected chi connectivity index (χ0v) is 14.5. The maximum absolute atomic E-state index is 12.3. The third-order valence-corrected chi connectivity index (χ3v) is 4.39. The van der Waals surface area contributed by atoms with E-state index in [1.54, 1.807) is 0 Å². The minimum absolute atomic E-state index is 0.0142. The van der Waals surface area contributed by atoms with E-state index in [-0.39, 0.29) is 17.9 Å². The number of carbonyl (C=O) groups is 2. The Kier molecular flexibility index (Phi) is 6.20. The number of piperidine rings is 1. The van der Waals surface area contributed by atoms with Crippen molar-refractivity contribution >= 4 is 11.8 Å². The second kappa shape index (κ2) is 8.14. The molecule has 1 aromatic rings. The lowest BCUT2D eigenvalue weighted by Crippen LogP contribution is -2.46. The summed E-state index contributed by atoms with van der Waals surface area (Å²) in [6.07, 6.45) is 3.26. The number of benzene rings is 1. The first-order valence-electron chi connectivity index (χ1n) is 8.67. The van der Waals surface area contributed by atoms with Gasteiger partial charge in [0.25, 0.3) is 5.91 Å². The Morgan fingerprint density at radius 3 is 2.30 bits per heavy atom. The fourth-order valence-electron chi connectivity index (χ4n) is 2.91. The first-order chi connectivity index (χ1) is 11.0. The summed E-state index contributed by atoms with van der Waals surface area (Å²) in [5.41, 5.74) is 1.94. The van der Waals surface area contributed by atoms with Gasteiger partial charge in [-0.25, -0.2) is 0 Å². The van der Waals surface area contributed by atoms with Crippen molar-refractivity contribution in [1.29, 1.82) is 0 Å². The molecule has 1 aliphatic rings. The molecule has 0 atom stereocenters. The quantitative estimate of drug-likeness (QED) is 0.908. The Balaban J connectivity index is 1.81. The molecule has 1 N–H and O–H groups in total. The first-order valence-corrected chi connectivity index (χ1v) is 8.67. The lowest BCUT2D eigenvalue weighted by Gasteiger charge is -2.32. The van der Waals surface area contributed by atoms with Crippen molar-refractivity contribution in [1.82, 2.24) is 10.2 Å². The molecule has 1 aliphatic heterocycles. The number of hydrogen-bond acceptors (Lipinski definition) is 2. The standard InChI is InChI=1S/C19H28N2O2/c1-4-15-5-7-16(8-6-15)19(23)20-17-9-11-21(12-10-17)18(22)13-14(2)3/h5-8,14,17H,4,9-13H2,1-3H3,(H,20,23). The molecular formula is C19H28N2O2. The van der Waals surface area contributed by atoms with E-state index in [1.807, 2.05) is 29.2 Å².